The molecule has 1 N–H and O–H groups in total. The van der Waals surface area contributed by atoms with Gasteiger partial charge in [-0.2, -0.15) is 0 Å². The summed E-state index contributed by atoms with van der Waals surface area (Å²) in [7, 11) is 0. The average Bonchev–Trinajstić information content (AvgIpc) is 3.18. The number of anilines is 1. The molecule has 1 heterocycles. The Morgan fingerprint density at radius 2 is 1.77 bits per heavy atom. The van der Waals surface area contributed by atoms with Crippen LogP contribution < -0.4 is 5.32 Å². The summed E-state index contributed by atoms with van der Waals surface area (Å²) in [6, 6.07) is 19.0. The van der Waals surface area contributed by atoms with Crippen molar-refractivity contribution in [3.63, 3.8) is 0 Å². The van der Waals surface area contributed by atoms with Gasteiger partial charge in [0.05, 0.1) is 5.69 Å². The van der Waals surface area contributed by atoms with Crippen LogP contribution in [0.4, 0.5) is 5.69 Å². The number of rotatable bonds is 4. The van der Waals surface area contributed by atoms with Gasteiger partial charge in [0, 0.05) is 20.7 Å². The summed E-state index contributed by atoms with van der Waals surface area (Å²) in [4.78, 5) is 17.5. The SMILES string of the molecule is Cc1ccc(-n2nc(C(=O)Nc3ccc(Br)cc3C)nc2-c2cccc(Cl)c2)cc1C. The highest BCUT2D eigenvalue weighted by Crippen LogP contribution is 2.26. The number of nitrogens with one attached hydrogen (secondary N) is 1. The maximum Gasteiger partial charge on any atom is 0.295 e. The van der Waals surface area contributed by atoms with Gasteiger partial charge in [0.25, 0.3) is 5.91 Å². The minimum atomic E-state index is -0.378. The molecular formula is C24H20BrClN4O. The first-order chi connectivity index (χ1) is 14.8. The molecule has 7 heteroatoms. The van der Waals surface area contributed by atoms with Gasteiger partial charge in [-0.1, -0.05) is 45.7 Å². The average molecular weight is 496 g/mol. The van der Waals surface area contributed by atoms with Crippen LogP contribution in [0.15, 0.2) is 65.1 Å². The third-order valence-electron chi connectivity index (χ3n) is 5.06. The van der Waals surface area contributed by atoms with Crippen LogP contribution in [0, 0.1) is 20.8 Å². The van der Waals surface area contributed by atoms with E-state index in [-0.39, 0.29) is 11.7 Å². The second-order valence-corrected chi connectivity index (χ2v) is 8.72. The molecular weight excluding hydrogens is 476 g/mol. The van der Waals surface area contributed by atoms with Crippen LogP contribution in [0.2, 0.25) is 5.02 Å². The second kappa shape index (κ2) is 8.65. The van der Waals surface area contributed by atoms with Crippen molar-refractivity contribution < 1.29 is 4.79 Å². The molecule has 0 unspecified atom stereocenters. The molecule has 0 saturated heterocycles. The normalized spacial score (nSPS) is 10.9. The maximum atomic E-state index is 13.0. The molecule has 4 aromatic rings. The van der Waals surface area contributed by atoms with Crippen LogP contribution in [0.25, 0.3) is 17.1 Å². The monoisotopic (exact) mass is 494 g/mol. The highest BCUT2D eigenvalue weighted by atomic mass is 79.9. The molecule has 0 aliphatic rings. The number of carbonyl (C=O) groups is 1. The zero-order valence-corrected chi connectivity index (χ0v) is 19.6. The van der Waals surface area contributed by atoms with Crippen molar-refractivity contribution in [3.05, 3.63) is 92.7 Å². The summed E-state index contributed by atoms with van der Waals surface area (Å²) in [6.07, 6.45) is 0. The third kappa shape index (κ3) is 4.55. The first kappa shape index (κ1) is 21.3. The largest absolute Gasteiger partial charge is 0.319 e. The summed E-state index contributed by atoms with van der Waals surface area (Å²) >= 11 is 9.64. The van der Waals surface area contributed by atoms with Crippen molar-refractivity contribution in [1.29, 1.82) is 0 Å². The molecule has 0 bridgehead atoms. The Hall–Kier alpha value is -2.96. The fraction of sp³-hybridized carbons (Fsp3) is 0.125. The van der Waals surface area contributed by atoms with E-state index in [1.54, 1.807) is 10.7 Å². The summed E-state index contributed by atoms with van der Waals surface area (Å²) < 4.78 is 2.63. The van der Waals surface area contributed by atoms with Gasteiger partial charge in [-0.15, -0.1) is 5.10 Å². The Morgan fingerprint density at radius 1 is 0.968 bits per heavy atom. The minimum absolute atomic E-state index is 0.0792. The Labute approximate surface area is 194 Å². The lowest BCUT2D eigenvalue weighted by molar-refractivity contribution is 0.101. The highest BCUT2D eigenvalue weighted by Gasteiger charge is 2.20. The van der Waals surface area contributed by atoms with Crippen molar-refractivity contribution in [2.45, 2.75) is 20.8 Å². The zero-order valence-electron chi connectivity index (χ0n) is 17.3. The van der Waals surface area contributed by atoms with E-state index in [1.807, 2.05) is 68.4 Å². The zero-order chi connectivity index (χ0) is 22.1. The molecule has 31 heavy (non-hydrogen) atoms. The van der Waals surface area contributed by atoms with E-state index in [1.165, 1.54) is 5.56 Å². The van der Waals surface area contributed by atoms with E-state index in [2.05, 4.69) is 38.3 Å². The molecule has 0 spiro atoms. The van der Waals surface area contributed by atoms with Crippen LogP contribution in [0.1, 0.15) is 27.3 Å². The summed E-state index contributed by atoms with van der Waals surface area (Å²) in [5.41, 5.74) is 5.55. The van der Waals surface area contributed by atoms with Gasteiger partial charge in [-0.3, -0.25) is 4.79 Å². The molecule has 5 nitrogen and oxygen atoms in total. The molecule has 0 atom stereocenters. The van der Waals surface area contributed by atoms with E-state index in [9.17, 15) is 4.79 Å². The fourth-order valence-electron chi connectivity index (χ4n) is 3.21. The smallest absolute Gasteiger partial charge is 0.295 e. The molecule has 0 radical (unpaired) electrons. The van der Waals surface area contributed by atoms with E-state index in [0.717, 1.165) is 26.9 Å². The molecule has 4 rings (SSSR count). The fourth-order valence-corrected chi connectivity index (χ4v) is 3.87. The van der Waals surface area contributed by atoms with E-state index < -0.39 is 0 Å². The van der Waals surface area contributed by atoms with Gasteiger partial charge in [-0.25, -0.2) is 9.67 Å². The second-order valence-electron chi connectivity index (χ2n) is 7.36. The molecule has 156 valence electrons. The Balaban J connectivity index is 1.78. The number of carbonyl (C=O) groups excluding carboxylic acids is 1. The summed E-state index contributed by atoms with van der Waals surface area (Å²) in [5, 5.41) is 8.03. The number of hydrogen-bond acceptors (Lipinski definition) is 3. The van der Waals surface area contributed by atoms with Crippen LogP contribution in [-0.4, -0.2) is 20.7 Å². The topological polar surface area (TPSA) is 59.8 Å². The Bertz CT molecular complexity index is 1300. The number of benzene rings is 3. The lowest BCUT2D eigenvalue weighted by atomic mass is 10.1. The van der Waals surface area contributed by atoms with Crippen molar-refractivity contribution in [1.82, 2.24) is 14.8 Å². The molecule has 0 saturated carbocycles. The number of aromatic nitrogens is 3. The molecule has 0 aliphatic carbocycles. The van der Waals surface area contributed by atoms with Gasteiger partial charge >= 0.3 is 0 Å². The van der Waals surface area contributed by atoms with Crippen LogP contribution in [0.3, 0.4) is 0 Å². The lowest BCUT2D eigenvalue weighted by Gasteiger charge is -2.08. The summed E-state index contributed by atoms with van der Waals surface area (Å²) in [6.45, 7) is 6.02. The first-order valence-corrected chi connectivity index (χ1v) is 10.9. The Kier molecular flexibility index (Phi) is 5.94. The predicted octanol–water partition coefficient (Wildman–Crippen LogP) is 6.53. The van der Waals surface area contributed by atoms with Gasteiger partial charge in [0.15, 0.2) is 5.82 Å². The van der Waals surface area contributed by atoms with Crippen LogP contribution in [-0.2, 0) is 0 Å². The van der Waals surface area contributed by atoms with E-state index >= 15 is 0 Å². The van der Waals surface area contributed by atoms with Crippen LogP contribution >= 0.6 is 27.5 Å². The molecule has 1 aromatic heterocycles. The van der Waals surface area contributed by atoms with Gasteiger partial charge in [0.1, 0.15) is 0 Å². The van der Waals surface area contributed by atoms with Crippen LogP contribution in [0.5, 0.6) is 0 Å². The number of halogens is 2. The molecule has 1 amide bonds. The van der Waals surface area contributed by atoms with Gasteiger partial charge in [0.2, 0.25) is 5.82 Å². The predicted molar refractivity (Wildman–Crippen MR) is 128 cm³/mol. The van der Waals surface area contributed by atoms with Crippen molar-refractivity contribution in [3.8, 4) is 17.1 Å². The standard InChI is InChI=1S/C24H20BrClN4O/c1-14-7-9-20(12-15(14)2)30-23(17-5-4-6-19(26)13-17)28-22(29-30)24(31)27-21-10-8-18(25)11-16(21)3/h4-13H,1-3H3,(H,27,31). The number of aryl methyl sites for hydroxylation is 3. The third-order valence-corrected chi connectivity index (χ3v) is 5.79. The van der Waals surface area contributed by atoms with Gasteiger partial charge in [-0.05, 0) is 79.9 Å². The first-order valence-electron chi connectivity index (χ1n) is 9.70. The minimum Gasteiger partial charge on any atom is -0.319 e. The van der Waals surface area contributed by atoms with Crippen molar-refractivity contribution in [2.75, 3.05) is 5.32 Å². The molecule has 0 fully saturated rings. The summed E-state index contributed by atoms with van der Waals surface area (Å²) in [5.74, 6) is 0.246. The molecule has 0 aliphatic heterocycles. The van der Waals surface area contributed by atoms with E-state index in [0.29, 0.717) is 16.5 Å². The van der Waals surface area contributed by atoms with Crippen molar-refractivity contribution in [2.24, 2.45) is 0 Å². The quantitative estimate of drug-likeness (QED) is 0.350. The number of hydrogen-bond donors (Lipinski definition) is 1. The Morgan fingerprint density at radius 3 is 2.48 bits per heavy atom. The van der Waals surface area contributed by atoms with Gasteiger partial charge < -0.3 is 5.32 Å². The van der Waals surface area contributed by atoms with Crippen molar-refractivity contribution >= 4 is 39.1 Å². The lowest BCUT2D eigenvalue weighted by Crippen LogP contribution is -2.15. The number of amides is 1. The highest BCUT2D eigenvalue weighted by molar-refractivity contribution is 9.10. The molecule has 3 aromatic carbocycles. The maximum absolute atomic E-state index is 13.0. The number of nitrogens with zero attached hydrogens (tertiary/aromatic N) is 3. The van der Waals surface area contributed by atoms with E-state index in [4.69, 9.17) is 11.6 Å².